The number of aromatic nitrogens is 2. The third-order valence-electron chi connectivity index (χ3n) is 2.37. The van der Waals surface area contributed by atoms with Crippen LogP contribution in [0.4, 0.5) is 5.69 Å². The van der Waals surface area contributed by atoms with Gasteiger partial charge in [-0.15, -0.1) is 0 Å². The van der Waals surface area contributed by atoms with Crippen molar-refractivity contribution < 1.29 is 9.53 Å². The largest absolute Gasteiger partial charge is 0.468 e. The van der Waals surface area contributed by atoms with Gasteiger partial charge in [-0.25, -0.2) is 4.68 Å². The molecule has 106 valence electrons. The number of nitrogens with one attached hydrogen (secondary N) is 1. The zero-order valence-corrected chi connectivity index (χ0v) is 12.7. The van der Waals surface area contributed by atoms with Crippen molar-refractivity contribution in [3.8, 4) is 0 Å². The van der Waals surface area contributed by atoms with Crippen LogP contribution in [-0.4, -0.2) is 54.9 Å². The maximum Gasteiger partial charge on any atom is 0.327 e. The van der Waals surface area contributed by atoms with Crippen LogP contribution >= 0.6 is 15.9 Å². The molecule has 0 amide bonds. The first kappa shape index (κ1) is 15.6. The van der Waals surface area contributed by atoms with Gasteiger partial charge in [0.1, 0.15) is 11.0 Å². The van der Waals surface area contributed by atoms with E-state index in [0.717, 1.165) is 11.2 Å². The summed E-state index contributed by atoms with van der Waals surface area (Å²) < 4.78 is 5.90. The van der Waals surface area contributed by atoms with E-state index in [4.69, 9.17) is 0 Å². The molecule has 0 radical (unpaired) electrons. The molecule has 0 aliphatic heterocycles. The first-order valence-electron chi connectivity index (χ1n) is 5.66. The van der Waals surface area contributed by atoms with E-state index in [-0.39, 0.29) is 12.1 Å². The lowest BCUT2D eigenvalue weighted by atomic mass is 10.4. The van der Waals surface area contributed by atoms with Gasteiger partial charge < -0.3 is 15.0 Å². The second kappa shape index (κ2) is 7.25. The highest BCUT2D eigenvalue weighted by Crippen LogP contribution is 2.15. The molecule has 0 atom stereocenters. The number of nitrogens with zero attached hydrogens (tertiary/aromatic N) is 3. The lowest BCUT2D eigenvalue weighted by molar-refractivity contribution is -0.141. The molecule has 0 saturated heterocycles. The summed E-state index contributed by atoms with van der Waals surface area (Å²) in [6, 6.07) is 0. The Bertz CT molecular complexity index is 501. The SMILES string of the molecule is COC(=O)Cn1ncc(NCCN(C)C)c(Br)c1=O. The zero-order valence-electron chi connectivity index (χ0n) is 11.1. The molecule has 19 heavy (non-hydrogen) atoms. The molecule has 1 aromatic heterocycles. The van der Waals surface area contributed by atoms with Gasteiger partial charge >= 0.3 is 5.97 Å². The van der Waals surface area contributed by atoms with E-state index in [1.165, 1.54) is 13.3 Å². The van der Waals surface area contributed by atoms with Gasteiger partial charge in [0.25, 0.3) is 5.56 Å². The van der Waals surface area contributed by atoms with Crippen LogP contribution in [0.2, 0.25) is 0 Å². The van der Waals surface area contributed by atoms with Crippen LogP contribution in [0.3, 0.4) is 0 Å². The van der Waals surface area contributed by atoms with Crippen LogP contribution in [0.5, 0.6) is 0 Å². The normalized spacial score (nSPS) is 10.6. The third-order valence-corrected chi connectivity index (χ3v) is 3.13. The Morgan fingerprint density at radius 2 is 2.26 bits per heavy atom. The second-order valence-electron chi connectivity index (χ2n) is 4.14. The Kier molecular flexibility index (Phi) is 5.97. The van der Waals surface area contributed by atoms with E-state index in [1.54, 1.807) is 0 Å². The van der Waals surface area contributed by atoms with Crippen molar-refractivity contribution in [2.75, 3.05) is 39.6 Å². The third kappa shape index (κ3) is 4.64. The number of hydrogen-bond donors (Lipinski definition) is 1. The molecular formula is C11H17BrN4O3. The standard InChI is InChI=1S/C11H17BrN4O3/c1-15(2)5-4-13-8-6-14-16(7-9(17)19-3)11(18)10(8)12/h6,13H,4-5,7H2,1-3H3. The molecule has 0 spiro atoms. The second-order valence-corrected chi connectivity index (χ2v) is 4.93. The van der Waals surface area contributed by atoms with E-state index in [0.29, 0.717) is 16.7 Å². The number of halogens is 1. The molecular weight excluding hydrogens is 316 g/mol. The molecule has 0 bridgehead atoms. The lowest BCUT2D eigenvalue weighted by Crippen LogP contribution is -2.29. The summed E-state index contributed by atoms with van der Waals surface area (Å²) in [7, 11) is 5.19. The highest BCUT2D eigenvalue weighted by Gasteiger charge is 2.11. The number of carbonyl (C=O) groups excluding carboxylic acids is 1. The van der Waals surface area contributed by atoms with Crippen molar-refractivity contribution in [2.24, 2.45) is 0 Å². The minimum atomic E-state index is -0.519. The van der Waals surface area contributed by atoms with Crippen LogP contribution in [0.1, 0.15) is 0 Å². The number of methoxy groups -OCH3 is 1. The maximum atomic E-state index is 11.9. The van der Waals surface area contributed by atoms with Crippen LogP contribution in [0.15, 0.2) is 15.5 Å². The predicted octanol–water partition coefficient (Wildman–Crippen LogP) is 0.152. The number of hydrogen-bond acceptors (Lipinski definition) is 6. The molecule has 8 heteroatoms. The average molecular weight is 333 g/mol. The number of anilines is 1. The van der Waals surface area contributed by atoms with Gasteiger partial charge in [0.15, 0.2) is 0 Å². The minimum absolute atomic E-state index is 0.202. The van der Waals surface area contributed by atoms with E-state index in [9.17, 15) is 9.59 Å². The van der Waals surface area contributed by atoms with Gasteiger partial charge in [0.2, 0.25) is 0 Å². The van der Waals surface area contributed by atoms with Gasteiger partial charge in [-0.1, -0.05) is 0 Å². The van der Waals surface area contributed by atoms with Gasteiger partial charge in [0, 0.05) is 13.1 Å². The van der Waals surface area contributed by atoms with Crippen LogP contribution in [-0.2, 0) is 16.1 Å². The molecule has 1 heterocycles. The Morgan fingerprint density at radius 3 is 2.84 bits per heavy atom. The monoisotopic (exact) mass is 332 g/mol. The van der Waals surface area contributed by atoms with Gasteiger partial charge in [-0.3, -0.25) is 9.59 Å². The van der Waals surface area contributed by atoms with E-state index >= 15 is 0 Å². The molecule has 0 unspecified atom stereocenters. The fraction of sp³-hybridized carbons (Fsp3) is 0.545. The summed E-state index contributed by atoms with van der Waals surface area (Å²) in [5.41, 5.74) is 0.230. The van der Waals surface area contributed by atoms with Crippen LogP contribution in [0, 0.1) is 0 Å². The molecule has 0 aromatic carbocycles. The molecule has 1 rings (SSSR count). The number of rotatable bonds is 6. The topological polar surface area (TPSA) is 76.5 Å². The van der Waals surface area contributed by atoms with E-state index in [2.05, 4.69) is 31.1 Å². The fourth-order valence-electron chi connectivity index (χ4n) is 1.30. The maximum absolute atomic E-state index is 11.9. The highest BCUT2D eigenvalue weighted by atomic mass is 79.9. The molecule has 0 aliphatic carbocycles. The molecule has 1 N–H and O–H groups in total. The fourth-order valence-corrected chi connectivity index (χ4v) is 1.75. The van der Waals surface area contributed by atoms with Gasteiger partial charge in [-0.05, 0) is 30.0 Å². The number of carbonyl (C=O) groups is 1. The van der Waals surface area contributed by atoms with E-state index < -0.39 is 5.97 Å². The summed E-state index contributed by atoms with van der Waals surface area (Å²) in [5.74, 6) is -0.519. The number of likely N-dealkylation sites (N-methyl/N-ethyl adjacent to an activating group) is 1. The Balaban J connectivity index is 2.80. The van der Waals surface area contributed by atoms with E-state index in [1.807, 2.05) is 19.0 Å². The molecule has 0 fully saturated rings. The number of esters is 1. The van der Waals surface area contributed by atoms with Crippen molar-refractivity contribution in [1.82, 2.24) is 14.7 Å². The Labute approximate surface area is 119 Å². The summed E-state index contributed by atoms with van der Waals surface area (Å²) in [6.45, 7) is 1.32. The van der Waals surface area contributed by atoms with Crippen molar-refractivity contribution in [2.45, 2.75) is 6.54 Å². The Morgan fingerprint density at radius 1 is 1.58 bits per heavy atom. The summed E-state index contributed by atoms with van der Waals surface area (Å²) in [5, 5.41) is 7.02. The minimum Gasteiger partial charge on any atom is -0.468 e. The predicted molar refractivity (Wildman–Crippen MR) is 75.3 cm³/mol. The average Bonchev–Trinajstić information content (AvgIpc) is 2.37. The lowest BCUT2D eigenvalue weighted by Gasteiger charge is -2.12. The Hall–Kier alpha value is -1.41. The van der Waals surface area contributed by atoms with Crippen molar-refractivity contribution >= 4 is 27.6 Å². The van der Waals surface area contributed by atoms with Crippen molar-refractivity contribution in [1.29, 1.82) is 0 Å². The molecule has 0 aliphatic rings. The summed E-state index contributed by atoms with van der Waals surface area (Å²) in [4.78, 5) is 25.1. The number of ether oxygens (including phenoxy) is 1. The highest BCUT2D eigenvalue weighted by molar-refractivity contribution is 9.10. The zero-order chi connectivity index (χ0) is 14.4. The van der Waals surface area contributed by atoms with Crippen molar-refractivity contribution in [3.63, 3.8) is 0 Å². The summed E-state index contributed by atoms with van der Waals surface area (Å²) in [6.07, 6.45) is 1.50. The first-order chi connectivity index (χ1) is 8.95. The first-order valence-corrected chi connectivity index (χ1v) is 6.46. The molecule has 1 aromatic rings. The van der Waals surface area contributed by atoms with Gasteiger partial charge in [-0.2, -0.15) is 5.10 Å². The van der Waals surface area contributed by atoms with Crippen LogP contribution in [0.25, 0.3) is 0 Å². The molecule has 0 saturated carbocycles. The summed E-state index contributed by atoms with van der Waals surface area (Å²) >= 11 is 3.21. The smallest absolute Gasteiger partial charge is 0.327 e. The van der Waals surface area contributed by atoms with Gasteiger partial charge in [0.05, 0.1) is 19.0 Å². The quantitative estimate of drug-likeness (QED) is 0.747. The molecule has 7 nitrogen and oxygen atoms in total. The van der Waals surface area contributed by atoms with Crippen molar-refractivity contribution in [3.05, 3.63) is 21.0 Å². The van der Waals surface area contributed by atoms with Crippen LogP contribution < -0.4 is 10.9 Å².